The molecule has 0 spiro atoms. The van der Waals surface area contributed by atoms with Crippen LogP contribution in [-0.4, -0.2) is 21.7 Å². The van der Waals surface area contributed by atoms with Crippen LogP contribution in [0.4, 0.5) is 0 Å². The van der Waals surface area contributed by atoms with Crippen molar-refractivity contribution >= 4 is 34.4 Å². The highest BCUT2D eigenvalue weighted by Crippen LogP contribution is 2.31. The number of hydrogen-bond acceptors (Lipinski definition) is 3. The lowest BCUT2D eigenvalue weighted by Crippen LogP contribution is -2.29. The molecule has 5 heteroatoms. The molecule has 4 aromatic rings. The van der Waals surface area contributed by atoms with Gasteiger partial charge in [-0.2, -0.15) is 5.26 Å². The predicted octanol–water partition coefficient (Wildman–Crippen LogP) is 2.34. The molecule has 0 saturated heterocycles. The Morgan fingerprint density at radius 3 is 2.42 bits per heavy atom. The first-order valence-corrected chi connectivity index (χ1v) is 7.59. The third-order valence-electron chi connectivity index (χ3n) is 4.23. The summed E-state index contributed by atoms with van der Waals surface area (Å²) in [6.45, 7) is 0. The van der Waals surface area contributed by atoms with Crippen molar-refractivity contribution in [2.75, 3.05) is 0 Å². The quantitative estimate of drug-likeness (QED) is 0.558. The van der Waals surface area contributed by atoms with Gasteiger partial charge in [0.25, 0.3) is 0 Å². The Morgan fingerprint density at radius 2 is 1.62 bits per heavy atom. The minimum atomic E-state index is -1.50. The van der Waals surface area contributed by atoms with Crippen LogP contribution >= 0.6 is 0 Å². The number of para-hydroxylation sites is 1. The minimum absolute atomic E-state index is 0.455. The van der Waals surface area contributed by atoms with Crippen molar-refractivity contribution in [1.29, 1.82) is 5.26 Å². The van der Waals surface area contributed by atoms with Crippen LogP contribution in [0.15, 0.2) is 66.7 Å². The van der Waals surface area contributed by atoms with E-state index in [1.165, 1.54) is 0 Å². The summed E-state index contributed by atoms with van der Waals surface area (Å²) in [6.07, 6.45) is 0. The highest BCUT2D eigenvalue weighted by Gasteiger charge is 2.16. The fourth-order valence-electron chi connectivity index (χ4n) is 3.14. The Hall–Kier alpha value is -3.07. The van der Waals surface area contributed by atoms with E-state index in [1.54, 1.807) is 18.2 Å². The van der Waals surface area contributed by atoms with E-state index >= 15 is 0 Å². The molecular formula is C19H13BN2O2. The second-order valence-electron chi connectivity index (χ2n) is 5.66. The highest BCUT2D eigenvalue weighted by molar-refractivity contribution is 6.59. The van der Waals surface area contributed by atoms with E-state index in [-0.39, 0.29) is 0 Å². The Balaban J connectivity index is 2.12. The van der Waals surface area contributed by atoms with Gasteiger partial charge >= 0.3 is 7.12 Å². The van der Waals surface area contributed by atoms with Crippen molar-refractivity contribution < 1.29 is 10.0 Å². The number of aromatic nitrogens is 1. The first-order chi connectivity index (χ1) is 11.7. The Labute approximate surface area is 139 Å². The van der Waals surface area contributed by atoms with E-state index in [2.05, 4.69) is 10.6 Å². The van der Waals surface area contributed by atoms with Gasteiger partial charge in [0.2, 0.25) is 0 Å². The van der Waals surface area contributed by atoms with E-state index in [0.29, 0.717) is 11.0 Å². The summed E-state index contributed by atoms with van der Waals surface area (Å²) in [4.78, 5) is 0. The SMILES string of the molecule is N#Cc1cccc(-n2c3ccccc3c3cc(B(O)O)ccc32)c1. The van der Waals surface area contributed by atoms with E-state index < -0.39 is 7.12 Å². The molecule has 3 aromatic carbocycles. The van der Waals surface area contributed by atoms with Crippen LogP contribution in [0.5, 0.6) is 0 Å². The van der Waals surface area contributed by atoms with Gasteiger partial charge < -0.3 is 14.6 Å². The minimum Gasteiger partial charge on any atom is -0.423 e. The molecule has 0 bridgehead atoms. The summed E-state index contributed by atoms with van der Waals surface area (Å²) in [6, 6.07) is 22.9. The molecule has 0 atom stereocenters. The van der Waals surface area contributed by atoms with E-state index in [1.807, 2.05) is 48.5 Å². The van der Waals surface area contributed by atoms with E-state index in [4.69, 9.17) is 5.26 Å². The van der Waals surface area contributed by atoms with Crippen LogP contribution in [0.25, 0.3) is 27.5 Å². The largest absolute Gasteiger partial charge is 0.488 e. The lowest BCUT2D eigenvalue weighted by Gasteiger charge is -2.08. The molecule has 0 saturated carbocycles. The lowest BCUT2D eigenvalue weighted by molar-refractivity contribution is 0.426. The van der Waals surface area contributed by atoms with Crippen molar-refractivity contribution in [1.82, 2.24) is 4.57 Å². The molecule has 4 nitrogen and oxygen atoms in total. The topological polar surface area (TPSA) is 69.2 Å². The first kappa shape index (κ1) is 14.5. The molecule has 0 unspecified atom stereocenters. The van der Waals surface area contributed by atoms with Crippen LogP contribution < -0.4 is 5.46 Å². The van der Waals surface area contributed by atoms with Gasteiger partial charge in [-0.25, -0.2) is 0 Å². The highest BCUT2D eigenvalue weighted by atomic mass is 16.4. The van der Waals surface area contributed by atoms with Crippen molar-refractivity contribution in [2.45, 2.75) is 0 Å². The van der Waals surface area contributed by atoms with Crippen LogP contribution in [0, 0.1) is 11.3 Å². The summed E-state index contributed by atoms with van der Waals surface area (Å²) < 4.78 is 2.08. The van der Waals surface area contributed by atoms with Crippen LogP contribution in [-0.2, 0) is 0 Å². The molecule has 1 aromatic heterocycles. The molecule has 2 N–H and O–H groups in total. The van der Waals surface area contributed by atoms with E-state index in [0.717, 1.165) is 27.5 Å². The normalized spacial score (nSPS) is 10.9. The maximum absolute atomic E-state index is 9.46. The van der Waals surface area contributed by atoms with Gasteiger partial charge in [-0.1, -0.05) is 36.4 Å². The van der Waals surface area contributed by atoms with Crippen LogP contribution in [0.2, 0.25) is 0 Å². The number of benzene rings is 3. The second-order valence-corrected chi connectivity index (χ2v) is 5.66. The fraction of sp³-hybridized carbons (Fsp3) is 0. The molecular weight excluding hydrogens is 299 g/mol. The molecule has 114 valence electrons. The van der Waals surface area contributed by atoms with Gasteiger partial charge in [-0.15, -0.1) is 0 Å². The van der Waals surface area contributed by atoms with Crippen molar-refractivity contribution in [3.63, 3.8) is 0 Å². The summed E-state index contributed by atoms with van der Waals surface area (Å²) in [7, 11) is -1.50. The first-order valence-electron chi connectivity index (χ1n) is 7.59. The number of nitrogens with zero attached hydrogens (tertiary/aromatic N) is 2. The van der Waals surface area contributed by atoms with Crippen LogP contribution in [0.3, 0.4) is 0 Å². The third kappa shape index (κ3) is 2.17. The molecule has 0 aliphatic rings. The predicted molar refractivity (Wildman–Crippen MR) is 95.3 cm³/mol. The zero-order valence-corrected chi connectivity index (χ0v) is 12.7. The van der Waals surface area contributed by atoms with Crippen molar-refractivity contribution in [2.24, 2.45) is 0 Å². The molecule has 0 aliphatic heterocycles. The number of rotatable bonds is 2. The maximum Gasteiger partial charge on any atom is 0.488 e. The molecule has 1 heterocycles. The van der Waals surface area contributed by atoms with Gasteiger partial charge in [0.1, 0.15) is 0 Å². The summed E-state index contributed by atoms with van der Waals surface area (Å²) in [5.41, 5.74) is 3.91. The van der Waals surface area contributed by atoms with Gasteiger partial charge in [0.15, 0.2) is 0 Å². The maximum atomic E-state index is 9.46. The summed E-state index contributed by atoms with van der Waals surface area (Å²) in [5, 5.41) is 30.1. The zero-order chi connectivity index (χ0) is 16.7. The Bertz CT molecular complexity index is 1110. The number of hydrogen-bond donors (Lipinski definition) is 2. The number of nitriles is 1. The number of fused-ring (bicyclic) bond motifs is 3. The second kappa shape index (κ2) is 5.53. The van der Waals surface area contributed by atoms with Crippen LogP contribution in [0.1, 0.15) is 5.56 Å². The van der Waals surface area contributed by atoms with Gasteiger partial charge in [-0.3, -0.25) is 0 Å². The molecule has 0 aliphatic carbocycles. The van der Waals surface area contributed by atoms with Crippen molar-refractivity contribution in [3.05, 3.63) is 72.3 Å². The van der Waals surface area contributed by atoms with Gasteiger partial charge in [0.05, 0.1) is 22.7 Å². The van der Waals surface area contributed by atoms with Crippen molar-refractivity contribution in [3.8, 4) is 11.8 Å². The Morgan fingerprint density at radius 1 is 0.833 bits per heavy atom. The average Bonchev–Trinajstić information content (AvgIpc) is 2.95. The lowest BCUT2D eigenvalue weighted by atomic mass is 9.80. The molecule has 0 radical (unpaired) electrons. The molecule has 0 fully saturated rings. The Kier molecular flexibility index (Phi) is 3.35. The monoisotopic (exact) mass is 312 g/mol. The standard InChI is InChI=1S/C19H13BN2O2/c21-12-13-4-3-5-15(10-13)22-18-7-2-1-6-16(18)17-11-14(20(23)24)8-9-19(17)22/h1-11,23-24H. The third-order valence-corrected chi connectivity index (χ3v) is 4.23. The van der Waals surface area contributed by atoms with E-state index in [9.17, 15) is 10.0 Å². The molecule has 0 amide bonds. The molecule has 4 rings (SSSR count). The summed E-state index contributed by atoms with van der Waals surface area (Å²) in [5.74, 6) is 0. The fourth-order valence-corrected chi connectivity index (χ4v) is 3.14. The van der Waals surface area contributed by atoms with Gasteiger partial charge in [-0.05, 0) is 35.8 Å². The zero-order valence-electron chi connectivity index (χ0n) is 12.7. The average molecular weight is 312 g/mol. The summed E-state index contributed by atoms with van der Waals surface area (Å²) >= 11 is 0. The van der Waals surface area contributed by atoms with Gasteiger partial charge in [0, 0.05) is 16.5 Å². The smallest absolute Gasteiger partial charge is 0.423 e. The molecule has 24 heavy (non-hydrogen) atoms.